The van der Waals surface area contributed by atoms with Crippen molar-refractivity contribution in [1.29, 1.82) is 0 Å². The zero-order valence-corrected chi connectivity index (χ0v) is 11.6. The van der Waals surface area contributed by atoms with Crippen LogP contribution in [0.3, 0.4) is 0 Å². The summed E-state index contributed by atoms with van der Waals surface area (Å²) in [5.74, 6) is 5.58. The minimum atomic E-state index is -4.32. The fourth-order valence-electron chi connectivity index (χ4n) is 1.46. The Hall–Kier alpha value is -1.57. The van der Waals surface area contributed by atoms with Gasteiger partial charge >= 0.3 is 5.51 Å². The molecule has 0 amide bonds. The van der Waals surface area contributed by atoms with Crippen LogP contribution in [-0.4, -0.2) is 5.51 Å². The standard InChI is InChI=1S/C15H8ClF3S/c16-13-9-6-11(7-10-13)5-8-12-3-1-2-4-14(12)20-15(17,18)19/h1-4,6-7,9-10H. The SMILES string of the molecule is FC(F)(F)Sc1ccccc1C#Cc1ccc(Cl)cc1. The molecule has 5 heteroatoms. The van der Waals surface area contributed by atoms with Crippen molar-refractivity contribution in [2.24, 2.45) is 0 Å². The van der Waals surface area contributed by atoms with Crippen molar-refractivity contribution in [3.05, 3.63) is 64.7 Å². The number of halogens is 4. The van der Waals surface area contributed by atoms with Gasteiger partial charge in [-0.2, -0.15) is 13.2 Å². The summed E-state index contributed by atoms with van der Waals surface area (Å²) in [6.07, 6.45) is 0. The molecule has 0 fully saturated rings. The molecule has 2 rings (SSSR count). The van der Waals surface area contributed by atoms with Gasteiger partial charge in [0, 0.05) is 21.0 Å². The maximum absolute atomic E-state index is 12.4. The van der Waals surface area contributed by atoms with Crippen LogP contribution in [0.1, 0.15) is 11.1 Å². The summed E-state index contributed by atoms with van der Waals surface area (Å²) >= 11 is 5.59. The molecular formula is C15H8ClF3S. The molecule has 102 valence electrons. The maximum atomic E-state index is 12.4. The third-order valence-electron chi connectivity index (χ3n) is 2.30. The summed E-state index contributed by atoms with van der Waals surface area (Å²) in [4.78, 5) is 0.0986. The van der Waals surface area contributed by atoms with E-state index in [1.807, 2.05) is 0 Å². The van der Waals surface area contributed by atoms with Gasteiger partial charge in [0.2, 0.25) is 0 Å². The minimum Gasteiger partial charge on any atom is -0.160 e. The van der Waals surface area contributed by atoms with Crippen molar-refractivity contribution in [2.75, 3.05) is 0 Å². The maximum Gasteiger partial charge on any atom is 0.446 e. The third kappa shape index (κ3) is 4.52. The highest BCUT2D eigenvalue weighted by Gasteiger charge is 2.30. The molecular weight excluding hydrogens is 305 g/mol. The average molecular weight is 313 g/mol. The highest BCUT2D eigenvalue weighted by molar-refractivity contribution is 8.00. The van der Waals surface area contributed by atoms with E-state index in [2.05, 4.69) is 11.8 Å². The Bertz CT molecular complexity index is 651. The number of rotatable bonds is 1. The van der Waals surface area contributed by atoms with E-state index < -0.39 is 5.51 Å². The van der Waals surface area contributed by atoms with Gasteiger partial charge in [-0.05, 0) is 48.2 Å². The summed E-state index contributed by atoms with van der Waals surface area (Å²) in [5.41, 5.74) is -3.27. The molecule has 0 N–H and O–H groups in total. The molecule has 2 aromatic carbocycles. The van der Waals surface area contributed by atoms with Crippen molar-refractivity contribution in [3.63, 3.8) is 0 Å². The van der Waals surface area contributed by atoms with Gasteiger partial charge < -0.3 is 0 Å². The lowest BCUT2D eigenvalue weighted by molar-refractivity contribution is -0.0328. The Kier molecular flexibility index (Phi) is 4.64. The smallest absolute Gasteiger partial charge is 0.160 e. The molecule has 0 aliphatic rings. The molecule has 0 aliphatic heterocycles. The van der Waals surface area contributed by atoms with Crippen molar-refractivity contribution in [3.8, 4) is 11.8 Å². The summed E-state index contributed by atoms with van der Waals surface area (Å²) in [6, 6.07) is 13.0. The Morgan fingerprint density at radius 2 is 1.55 bits per heavy atom. The van der Waals surface area contributed by atoms with Gasteiger partial charge in [0.1, 0.15) is 0 Å². The Morgan fingerprint density at radius 3 is 2.20 bits per heavy atom. The van der Waals surface area contributed by atoms with E-state index in [4.69, 9.17) is 11.6 Å². The molecule has 0 aromatic heterocycles. The molecule has 0 saturated carbocycles. The summed E-state index contributed by atoms with van der Waals surface area (Å²) in [7, 11) is 0. The number of benzene rings is 2. The second kappa shape index (κ2) is 6.25. The van der Waals surface area contributed by atoms with Gasteiger partial charge in [-0.1, -0.05) is 35.6 Å². The van der Waals surface area contributed by atoms with Crippen LogP contribution in [0.2, 0.25) is 5.02 Å². The summed E-state index contributed by atoms with van der Waals surface area (Å²) in [6.45, 7) is 0. The van der Waals surface area contributed by atoms with E-state index in [0.29, 0.717) is 16.1 Å². The van der Waals surface area contributed by atoms with Gasteiger partial charge in [-0.25, -0.2) is 0 Å². The monoisotopic (exact) mass is 312 g/mol. The van der Waals surface area contributed by atoms with Gasteiger partial charge in [-0.15, -0.1) is 0 Å². The predicted molar refractivity (Wildman–Crippen MR) is 75.8 cm³/mol. The topological polar surface area (TPSA) is 0 Å². The van der Waals surface area contributed by atoms with E-state index in [1.165, 1.54) is 6.07 Å². The highest BCUT2D eigenvalue weighted by Crippen LogP contribution is 2.38. The lowest BCUT2D eigenvalue weighted by atomic mass is 10.2. The highest BCUT2D eigenvalue weighted by atomic mass is 35.5. The number of hydrogen-bond acceptors (Lipinski definition) is 1. The second-order valence-corrected chi connectivity index (χ2v) is 5.34. The molecule has 20 heavy (non-hydrogen) atoms. The van der Waals surface area contributed by atoms with Crippen LogP contribution >= 0.6 is 23.4 Å². The fraction of sp³-hybridized carbons (Fsp3) is 0.0667. The van der Waals surface area contributed by atoms with Crippen LogP contribution in [0.5, 0.6) is 0 Å². The number of hydrogen-bond donors (Lipinski definition) is 0. The van der Waals surface area contributed by atoms with E-state index in [0.717, 1.165) is 0 Å². The quantitative estimate of drug-likeness (QED) is 0.505. The normalized spacial score (nSPS) is 10.8. The van der Waals surface area contributed by atoms with Crippen LogP contribution in [0, 0.1) is 11.8 Å². The van der Waals surface area contributed by atoms with E-state index in [9.17, 15) is 13.2 Å². The van der Waals surface area contributed by atoms with Crippen molar-refractivity contribution in [2.45, 2.75) is 10.4 Å². The van der Waals surface area contributed by atoms with Gasteiger partial charge in [0.05, 0.1) is 0 Å². The Labute approximate surface area is 124 Å². The molecule has 0 heterocycles. The van der Waals surface area contributed by atoms with Crippen molar-refractivity contribution in [1.82, 2.24) is 0 Å². The Morgan fingerprint density at radius 1 is 0.900 bits per heavy atom. The first-order chi connectivity index (χ1) is 9.44. The van der Waals surface area contributed by atoms with Crippen LogP contribution < -0.4 is 0 Å². The molecule has 0 atom stereocenters. The van der Waals surface area contributed by atoms with Gasteiger partial charge in [0.15, 0.2) is 0 Å². The zero-order chi connectivity index (χ0) is 14.6. The molecule has 2 aromatic rings. The van der Waals surface area contributed by atoms with E-state index in [-0.39, 0.29) is 16.7 Å². The molecule has 0 spiro atoms. The Balaban J connectivity index is 2.28. The van der Waals surface area contributed by atoms with Gasteiger partial charge in [0.25, 0.3) is 0 Å². The minimum absolute atomic E-state index is 0.0986. The molecule has 0 unspecified atom stereocenters. The third-order valence-corrected chi connectivity index (χ3v) is 3.36. The molecule has 0 bridgehead atoms. The van der Waals surface area contributed by atoms with Crippen LogP contribution in [0.4, 0.5) is 13.2 Å². The summed E-state index contributed by atoms with van der Waals surface area (Å²) < 4.78 is 37.3. The lowest BCUT2D eigenvalue weighted by Gasteiger charge is -2.06. The van der Waals surface area contributed by atoms with Crippen LogP contribution in [0.25, 0.3) is 0 Å². The van der Waals surface area contributed by atoms with Crippen LogP contribution in [0.15, 0.2) is 53.4 Å². The first-order valence-corrected chi connectivity index (χ1v) is 6.76. The number of alkyl halides is 3. The molecule has 0 nitrogen and oxygen atoms in total. The zero-order valence-electron chi connectivity index (χ0n) is 10.0. The second-order valence-electron chi connectivity index (χ2n) is 3.80. The van der Waals surface area contributed by atoms with E-state index >= 15 is 0 Å². The first-order valence-electron chi connectivity index (χ1n) is 5.56. The van der Waals surface area contributed by atoms with Crippen molar-refractivity contribution >= 4 is 23.4 Å². The largest absolute Gasteiger partial charge is 0.446 e. The average Bonchev–Trinajstić information content (AvgIpc) is 2.38. The first kappa shape index (κ1) is 14.8. The lowest BCUT2D eigenvalue weighted by Crippen LogP contribution is -2.00. The fourth-order valence-corrected chi connectivity index (χ4v) is 2.21. The van der Waals surface area contributed by atoms with Crippen LogP contribution in [-0.2, 0) is 0 Å². The van der Waals surface area contributed by atoms with E-state index in [1.54, 1.807) is 42.5 Å². The number of thioether (sulfide) groups is 1. The van der Waals surface area contributed by atoms with Gasteiger partial charge in [-0.3, -0.25) is 0 Å². The van der Waals surface area contributed by atoms with Crippen molar-refractivity contribution < 1.29 is 13.2 Å². The molecule has 0 saturated heterocycles. The summed E-state index contributed by atoms with van der Waals surface area (Å²) in [5, 5.41) is 0.587. The molecule has 0 radical (unpaired) electrons. The molecule has 0 aliphatic carbocycles. The predicted octanol–water partition coefficient (Wildman–Crippen LogP) is 5.35.